The molecule has 0 saturated carbocycles. The number of aliphatic hydroxyl groups is 1. The minimum Gasteiger partial charge on any atom is -0.491 e. The molecule has 2 aromatic carbocycles. The van der Waals surface area contributed by atoms with Crippen molar-refractivity contribution in [2.45, 2.75) is 12.5 Å². The highest BCUT2D eigenvalue weighted by atomic mass is 19.1. The van der Waals surface area contributed by atoms with Gasteiger partial charge in [-0.25, -0.2) is 8.78 Å². The van der Waals surface area contributed by atoms with Gasteiger partial charge in [0.2, 0.25) is 0 Å². The predicted molar refractivity (Wildman–Crippen MR) is 86.7 cm³/mol. The topological polar surface area (TPSA) is 41.5 Å². The number of rotatable bonds is 8. The molecule has 2 rings (SSSR count). The number of aliphatic hydroxyl groups excluding tert-OH is 1. The van der Waals surface area contributed by atoms with Crippen molar-refractivity contribution >= 4 is 5.69 Å². The first-order valence-corrected chi connectivity index (χ1v) is 7.28. The molecule has 0 amide bonds. The average molecular weight is 319 g/mol. The Morgan fingerprint density at radius 3 is 2.78 bits per heavy atom. The normalized spacial score (nSPS) is 11.8. The molecule has 2 N–H and O–H groups in total. The van der Waals surface area contributed by atoms with E-state index >= 15 is 0 Å². The Balaban J connectivity index is 1.87. The fraction of sp³-hybridized carbons (Fsp3) is 0.222. The summed E-state index contributed by atoms with van der Waals surface area (Å²) in [5, 5.41) is 12.6. The van der Waals surface area contributed by atoms with E-state index in [1.165, 1.54) is 0 Å². The van der Waals surface area contributed by atoms with E-state index in [0.29, 0.717) is 12.2 Å². The number of anilines is 1. The molecule has 0 bridgehead atoms. The highest BCUT2D eigenvalue weighted by Gasteiger charge is 2.09. The summed E-state index contributed by atoms with van der Waals surface area (Å²) in [6, 6.07) is 10.6. The molecule has 0 aliphatic carbocycles. The SMILES string of the molecule is C=CCc1ccccc1OCC(O)CNc1cc(F)ccc1F. The second-order valence-corrected chi connectivity index (χ2v) is 5.07. The van der Waals surface area contributed by atoms with Crippen LogP contribution >= 0.6 is 0 Å². The van der Waals surface area contributed by atoms with Gasteiger partial charge in [0, 0.05) is 6.54 Å². The lowest BCUT2D eigenvalue weighted by molar-refractivity contribution is 0.117. The smallest absolute Gasteiger partial charge is 0.146 e. The van der Waals surface area contributed by atoms with E-state index in [-0.39, 0.29) is 18.8 Å². The lowest BCUT2D eigenvalue weighted by Crippen LogP contribution is -2.26. The zero-order valence-electron chi connectivity index (χ0n) is 12.6. The van der Waals surface area contributed by atoms with Gasteiger partial charge in [-0.2, -0.15) is 0 Å². The van der Waals surface area contributed by atoms with Crippen molar-refractivity contribution in [1.82, 2.24) is 0 Å². The Bertz CT molecular complexity index is 661. The van der Waals surface area contributed by atoms with Gasteiger partial charge >= 0.3 is 0 Å². The molecule has 0 aliphatic rings. The minimum atomic E-state index is -0.866. The van der Waals surface area contributed by atoms with Crippen LogP contribution in [0.4, 0.5) is 14.5 Å². The van der Waals surface area contributed by atoms with Gasteiger partial charge in [-0.1, -0.05) is 24.3 Å². The number of nitrogens with one attached hydrogen (secondary N) is 1. The summed E-state index contributed by atoms with van der Waals surface area (Å²) in [6.07, 6.45) is 1.57. The Morgan fingerprint density at radius 1 is 1.22 bits per heavy atom. The number of hydrogen-bond donors (Lipinski definition) is 2. The number of hydrogen-bond acceptors (Lipinski definition) is 3. The van der Waals surface area contributed by atoms with Crippen molar-refractivity contribution in [3.63, 3.8) is 0 Å². The van der Waals surface area contributed by atoms with Gasteiger partial charge in [0.05, 0.1) is 5.69 Å². The van der Waals surface area contributed by atoms with Gasteiger partial charge in [-0.3, -0.25) is 0 Å². The van der Waals surface area contributed by atoms with Crippen molar-refractivity contribution in [2.24, 2.45) is 0 Å². The van der Waals surface area contributed by atoms with Crippen LogP contribution in [0.1, 0.15) is 5.56 Å². The number of benzene rings is 2. The number of halogens is 2. The van der Waals surface area contributed by atoms with Gasteiger partial charge in [0.15, 0.2) is 0 Å². The van der Waals surface area contributed by atoms with Crippen LogP contribution in [0.15, 0.2) is 55.1 Å². The molecule has 1 atom stereocenters. The molecule has 0 aliphatic heterocycles. The van der Waals surface area contributed by atoms with Crippen LogP contribution in [0, 0.1) is 11.6 Å². The molecule has 0 radical (unpaired) electrons. The van der Waals surface area contributed by atoms with Crippen LogP contribution in [0.3, 0.4) is 0 Å². The molecular formula is C18H19F2NO2. The summed E-state index contributed by atoms with van der Waals surface area (Å²) < 4.78 is 32.1. The molecule has 0 saturated heterocycles. The molecule has 0 spiro atoms. The van der Waals surface area contributed by atoms with Crippen LogP contribution < -0.4 is 10.1 Å². The first kappa shape index (κ1) is 17.0. The van der Waals surface area contributed by atoms with Crippen molar-refractivity contribution < 1.29 is 18.6 Å². The lowest BCUT2D eigenvalue weighted by atomic mass is 10.1. The first-order valence-electron chi connectivity index (χ1n) is 7.28. The van der Waals surface area contributed by atoms with Crippen LogP contribution in [0.5, 0.6) is 5.75 Å². The maximum atomic E-state index is 13.5. The average Bonchev–Trinajstić information content (AvgIpc) is 2.55. The maximum Gasteiger partial charge on any atom is 0.146 e. The Morgan fingerprint density at radius 2 is 2.00 bits per heavy atom. The quantitative estimate of drug-likeness (QED) is 0.731. The van der Waals surface area contributed by atoms with Crippen molar-refractivity contribution in [3.05, 3.63) is 72.3 Å². The molecule has 5 heteroatoms. The third-order valence-electron chi connectivity index (χ3n) is 3.22. The van der Waals surface area contributed by atoms with E-state index in [1.807, 2.05) is 24.3 Å². The van der Waals surface area contributed by atoms with Crippen molar-refractivity contribution in [3.8, 4) is 5.75 Å². The molecule has 23 heavy (non-hydrogen) atoms. The lowest BCUT2D eigenvalue weighted by Gasteiger charge is -2.16. The Labute approximate surface area is 134 Å². The number of para-hydroxylation sites is 1. The van der Waals surface area contributed by atoms with Crippen LogP contribution in [0.2, 0.25) is 0 Å². The molecular weight excluding hydrogens is 300 g/mol. The highest BCUT2D eigenvalue weighted by molar-refractivity contribution is 5.44. The molecule has 1 unspecified atom stereocenters. The molecule has 0 aromatic heterocycles. The summed E-state index contributed by atoms with van der Waals surface area (Å²) in [5.74, 6) is -0.447. The molecule has 0 heterocycles. The Kier molecular flexibility index (Phi) is 6.11. The Hall–Kier alpha value is -2.40. The summed E-state index contributed by atoms with van der Waals surface area (Å²) in [5.41, 5.74) is 0.981. The van der Waals surface area contributed by atoms with Gasteiger partial charge in [-0.05, 0) is 36.2 Å². The van der Waals surface area contributed by atoms with Crippen LogP contribution in [-0.2, 0) is 6.42 Å². The third kappa shape index (κ3) is 5.07. The van der Waals surface area contributed by atoms with Crippen LogP contribution in [0.25, 0.3) is 0 Å². The second kappa shape index (κ2) is 8.29. The monoisotopic (exact) mass is 319 g/mol. The molecule has 3 nitrogen and oxygen atoms in total. The predicted octanol–water partition coefficient (Wildman–Crippen LogP) is 3.55. The summed E-state index contributed by atoms with van der Waals surface area (Å²) in [4.78, 5) is 0. The maximum absolute atomic E-state index is 13.5. The molecule has 122 valence electrons. The van der Waals surface area contributed by atoms with Crippen molar-refractivity contribution in [2.75, 3.05) is 18.5 Å². The largest absolute Gasteiger partial charge is 0.491 e. The zero-order valence-corrected chi connectivity index (χ0v) is 12.6. The molecule has 0 fully saturated rings. The van der Waals surface area contributed by atoms with E-state index in [0.717, 1.165) is 23.8 Å². The van der Waals surface area contributed by atoms with Gasteiger partial charge in [-0.15, -0.1) is 6.58 Å². The summed E-state index contributed by atoms with van der Waals surface area (Å²) >= 11 is 0. The van der Waals surface area contributed by atoms with E-state index in [9.17, 15) is 13.9 Å². The fourth-order valence-corrected chi connectivity index (χ4v) is 2.07. The molecule has 2 aromatic rings. The van der Waals surface area contributed by atoms with Crippen molar-refractivity contribution in [1.29, 1.82) is 0 Å². The third-order valence-corrected chi connectivity index (χ3v) is 3.22. The van der Waals surface area contributed by atoms with Gasteiger partial charge in [0.25, 0.3) is 0 Å². The zero-order chi connectivity index (χ0) is 16.7. The highest BCUT2D eigenvalue weighted by Crippen LogP contribution is 2.19. The van der Waals surface area contributed by atoms with E-state index in [2.05, 4.69) is 11.9 Å². The fourth-order valence-electron chi connectivity index (χ4n) is 2.07. The summed E-state index contributed by atoms with van der Waals surface area (Å²) in [7, 11) is 0. The minimum absolute atomic E-state index is 0.0103. The first-order chi connectivity index (χ1) is 11.1. The summed E-state index contributed by atoms with van der Waals surface area (Å²) in [6.45, 7) is 3.77. The van der Waals surface area contributed by atoms with Gasteiger partial charge in [0.1, 0.15) is 30.1 Å². The van der Waals surface area contributed by atoms with Gasteiger partial charge < -0.3 is 15.2 Å². The van der Waals surface area contributed by atoms with E-state index in [1.54, 1.807) is 6.08 Å². The second-order valence-electron chi connectivity index (χ2n) is 5.07. The van der Waals surface area contributed by atoms with E-state index < -0.39 is 17.7 Å². The number of ether oxygens (including phenoxy) is 1. The standard InChI is InChI=1S/C18H19F2NO2/c1-2-5-13-6-3-4-7-18(13)23-12-15(22)11-21-17-10-14(19)8-9-16(17)20/h2-4,6-10,15,21-22H,1,5,11-12H2. The van der Waals surface area contributed by atoms with E-state index in [4.69, 9.17) is 4.74 Å². The number of allylic oxidation sites excluding steroid dienone is 1. The van der Waals surface area contributed by atoms with Crippen LogP contribution in [-0.4, -0.2) is 24.4 Å².